The highest BCUT2D eigenvalue weighted by molar-refractivity contribution is 6.04. The van der Waals surface area contributed by atoms with Crippen LogP contribution in [0.15, 0.2) is 30.3 Å². The van der Waals surface area contributed by atoms with Crippen LogP contribution in [0.3, 0.4) is 0 Å². The van der Waals surface area contributed by atoms with Gasteiger partial charge in [0.2, 0.25) is 0 Å². The lowest BCUT2D eigenvalue weighted by molar-refractivity contribution is -0.118. The standard InChI is InChI=1S/C21H23NO3/c1-12-8-9-17(20-16(23)10-15(4)19(12)20)25-11-18(24)22-21-13(2)6-5-7-14(21)3/h5-9,15H,10-11H2,1-4H3,(H,22,24)/t15-/m1/s1. The molecule has 1 N–H and O–H groups in total. The maximum absolute atomic E-state index is 12.3. The summed E-state index contributed by atoms with van der Waals surface area (Å²) < 4.78 is 5.70. The first-order valence-electron chi connectivity index (χ1n) is 8.54. The molecule has 0 spiro atoms. The molecule has 0 saturated heterocycles. The molecule has 2 aromatic carbocycles. The van der Waals surface area contributed by atoms with E-state index < -0.39 is 0 Å². The lowest BCUT2D eigenvalue weighted by Crippen LogP contribution is -2.21. The lowest BCUT2D eigenvalue weighted by Gasteiger charge is -2.14. The van der Waals surface area contributed by atoms with Gasteiger partial charge < -0.3 is 10.1 Å². The Balaban J connectivity index is 1.75. The Hall–Kier alpha value is -2.62. The summed E-state index contributed by atoms with van der Waals surface area (Å²) in [7, 11) is 0. The lowest BCUT2D eigenvalue weighted by atomic mass is 9.97. The number of Topliss-reactive ketones (excluding diaryl/α,β-unsaturated/α-hetero) is 1. The van der Waals surface area contributed by atoms with Crippen LogP contribution in [0, 0.1) is 20.8 Å². The first-order valence-corrected chi connectivity index (χ1v) is 8.54. The van der Waals surface area contributed by atoms with E-state index in [0.717, 1.165) is 27.9 Å². The number of amides is 1. The van der Waals surface area contributed by atoms with E-state index in [1.807, 2.05) is 52.0 Å². The van der Waals surface area contributed by atoms with Crippen LogP contribution in [0.4, 0.5) is 5.69 Å². The van der Waals surface area contributed by atoms with E-state index in [1.54, 1.807) is 6.07 Å². The molecule has 1 atom stereocenters. The number of para-hydroxylation sites is 1. The fraction of sp³-hybridized carbons (Fsp3) is 0.333. The number of benzene rings is 2. The second-order valence-electron chi connectivity index (χ2n) is 6.80. The van der Waals surface area contributed by atoms with E-state index in [4.69, 9.17) is 4.74 Å². The number of ketones is 1. The number of carbonyl (C=O) groups excluding carboxylic acids is 2. The van der Waals surface area contributed by atoms with E-state index in [0.29, 0.717) is 17.7 Å². The zero-order valence-electron chi connectivity index (χ0n) is 15.1. The molecule has 130 valence electrons. The molecular weight excluding hydrogens is 314 g/mol. The Bertz CT molecular complexity index is 834. The molecule has 0 fully saturated rings. The topological polar surface area (TPSA) is 55.4 Å². The van der Waals surface area contributed by atoms with Crippen molar-refractivity contribution in [2.75, 3.05) is 11.9 Å². The summed E-state index contributed by atoms with van der Waals surface area (Å²) in [5, 5.41) is 2.90. The van der Waals surface area contributed by atoms with Crippen LogP contribution in [-0.2, 0) is 4.79 Å². The summed E-state index contributed by atoms with van der Waals surface area (Å²) in [6, 6.07) is 9.61. The van der Waals surface area contributed by atoms with Gasteiger partial charge in [-0.25, -0.2) is 0 Å². The normalized spacial score (nSPS) is 15.8. The van der Waals surface area contributed by atoms with Gasteiger partial charge in [0.1, 0.15) is 5.75 Å². The highest BCUT2D eigenvalue weighted by atomic mass is 16.5. The van der Waals surface area contributed by atoms with Gasteiger partial charge in [-0.1, -0.05) is 31.2 Å². The molecule has 0 radical (unpaired) electrons. The number of carbonyl (C=O) groups is 2. The molecule has 0 bridgehead atoms. The van der Waals surface area contributed by atoms with Gasteiger partial charge in [-0.05, 0) is 55.0 Å². The zero-order valence-corrected chi connectivity index (χ0v) is 15.1. The third-order valence-electron chi connectivity index (χ3n) is 4.79. The Kier molecular flexibility index (Phi) is 4.62. The summed E-state index contributed by atoms with van der Waals surface area (Å²) in [5.41, 5.74) is 5.63. The first-order chi connectivity index (χ1) is 11.9. The largest absolute Gasteiger partial charge is 0.483 e. The van der Waals surface area contributed by atoms with Crippen molar-refractivity contribution in [2.45, 2.75) is 40.0 Å². The highest BCUT2D eigenvalue weighted by Crippen LogP contribution is 2.40. The number of fused-ring (bicyclic) bond motifs is 1. The van der Waals surface area contributed by atoms with Crippen LogP contribution < -0.4 is 10.1 Å². The van der Waals surface area contributed by atoms with E-state index in [2.05, 4.69) is 5.32 Å². The van der Waals surface area contributed by atoms with Gasteiger partial charge in [-0.2, -0.15) is 0 Å². The number of anilines is 1. The molecule has 0 aliphatic heterocycles. The maximum atomic E-state index is 12.3. The maximum Gasteiger partial charge on any atom is 0.262 e. The van der Waals surface area contributed by atoms with Gasteiger partial charge in [0.15, 0.2) is 12.4 Å². The van der Waals surface area contributed by atoms with Gasteiger partial charge in [0.25, 0.3) is 5.91 Å². The second-order valence-corrected chi connectivity index (χ2v) is 6.80. The number of aryl methyl sites for hydroxylation is 3. The number of nitrogens with one attached hydrogen (secondary N) is 1. The first kappa shape index (κ1) is 17.2. The monoisotopic (exact) mass is 337 g/mol. The number of hydrogen-bond acceptors (Lipinski definition) is 3. The Morgan fingerprint density at radius 1 is 1.12 bits per heavy atom. The van der Waals surface area contributed by atoms with Gasteiger partial charge in [-0.15, -0.1) is 0 Å². The average molecular weight is 337 g/mol. The SMILES string of the molecule is Cc1cccc(C)c1NC(=O)COc1ccc(C)c2c1C(=O)C[C@H]2C. The molecule has 0 saturated carbocycles. The molecule has 1 amide bonds. The van der Waals surface area contributed by atoms with Crippen molar-refractivity contribution < 1.29 is 14.3 Å². The van der Waals surface area contributed by atoms with Crippen LogP contribution in [0.1, 0.15) is 51.9 Å². The summed E-state index contributed by atoms with van der Waals surface area (Å²) in [6.45, 7) is 7.84. The van der Waals surface area contributed by atoms with Crippen molar-refractivity contribution in [1.29, 1.82) is 0 Å². The number of ether oxygens (including phenoxy) is 1. The number of hydrogen-bond donors (Lipinski definition) is 1. The van der Waals surface area contributed by atoms with Gasteiger partial charge >= 0.3 is 0 Å². The molecule has 25 heavy (non-hydrogen) atoms. The van der Waals surface area contributed by atoms with E-state index in [-0.39, 0.29) is 24.2 Å². The minimum absolute atomic E-state index is 0.0938. The van der Waals surface area contributed by atoms with Crippen molar-refractivity contribution in [1.82, 2.24) is 0 Å². The minimum Gasteiger partial charge on any atom is -0.483 e. The van der Waals surface area contributed by atoms with Crippen LogP contribution >= 0.6 is 0 Å². The molecule has 3 rings (SSSR count). The quantitative estimate of drug-likeness (QED) is 0.904. The highest BCUT2D eigenvalue weighted by Gasteiger charge is 2.31. The van der Waals surface area contributed by atoms with E-state index >= 15 is 0 Å². The predicted octanol–water partition coefficient (Wildman–Crippen LogP) is 4.32. The Morgan fingerprint density at radius 3 is 2.48 bits per heavy atom. The van der Waals surface area contributed by atoms with Crippen molar-refractivity contribution in [3.8, 4) is 5.75 Å². The molecule has 0 aromatic heterocycles. The summed E-state index contributed by atoms with van der Waals surface area (Å²) in [5.74, 6) is 0.572. The van der Waals surface area contributed by atoms with Gasteiger partial charge in [0, 0.05) is 12.1 Å². The Labute approximate surface area is 148 Å². The third-order valence-corrected chi connectivity index (χ3v) is 4.79. The average Bonchev–Trinajstić information content (AvgIpc) is 2.86. The van der Waals surface area contributed by atoms with Gasteiger partial charge in [-0.3, -0.25) is 9.59 Å². The molecule has 1 aliphatic rings. The van der Waals surface area contributed by atoms with Crippen LogP contribution in [0.2, 0.25) is 0 Å². The number of rotatable bonds is 4. The van der Waals surface area contributed by atoms with Crippen LogP contribution in [0.25, 0.3) is 0 Å². The summed E-state index contributed by atoms with van der Waals surface area (Å²) in [4.78, 5) is 24.6. The van der Waals surface area contributed by atoms with Crippen molar-refractivity contribution in [3.05, 3.63) is 58.1 Å². The van der Waals surface area contributed by atoms with Crippen LogP contribution in [-0.4, -0.2) is 18.3 Å². The van der Waals surface area contributed by atoms with Crippen LogP contribution in [0.5, 0.6) is 5.75 Å². The second kappa shape index (κ2) is 6.71. The molecule has 0 unspecified atom stereocenters. The van der Waals surface area contributed by atoms with Gasteiger partial charge in [0.05, 0.1) is 5.56 Å². The summed E-state index contributed by atoms with van der Waals surface area (Å²) in [6.07, 6.45) is 0.505. The third kappa shape index (κ3) is 3.29. The zero-order chi connectivity index (χ0) is 18.1. The minimum atomic E-state index is -0.231. The predicted molar refractivity (Wildman–Crippen MR) is 98.6 cm³/mol. The molecule has 2 aromatic rings. The molecular formula is C21H23NO3. The van der Waals surface area contributed by atoms with E-state index in [1.165, 1.54) is 0 Å². The molecule has 4 heteroatoms. The fourth-order valence-electron chi connectivity index (χ4n) is 3.56. The molecule has 0 heterocycles. The molecule has 4 nitrogen and oxygen atoms in total. The van der Waals surface area contributed by atoms with Crippen molar-refractivity contribution in [3.63, 3.8) is 0 Å². The van der Waals surface area contributed by atoms with Crippen molar-refractivity contribution >= 4 is 17.4 Å². The van der Waals surface area contributed by atoms with Crippen molar-refractivity contribution in [2.24, 2.45) is 0 Å². The molecule has 1 aliphatic carbocycles. The summed E-state index contributed by atoms with van der Waals surface area (Å²) >= 11 is 0. The smallest absolute Gasteiger partial charge is 0.262 e. The fourth-order valence-corrected chi connectivity index (χ4v) is 3.56. The Morgan fingerprint density at radius 2 is 1.80 bits per heavy atom. The van der Waals surface area contributed by atoms with E-state index in [9.17, 15) is 9.59 Å².